The van der Waals surface area contributed by atoms with E-state index in [0.29, 0.717) is 52.9 Å². The molecule has 0 spiro atoms. The van der Waals surface area contributed by atoms with Gasteiger partial charge in [0.25, 0.3) is 11.8 Å². The molecule has 5 rings (SSSR count). The first kappa shape index (κ1) is 23.4. The number of carbonyl (C=O) groups is 2. The van der Waals surface area contributed by atoms with Crippen molar-refractivity contribution in [2.75, 3.05) is 31.5 Å². The predicted octanol–water partition coefficient (Wildman–Crippen LogP) is 3.23. The Labute approximate surface area is 209 Å². The van der Waals surface area contributed by atoms with E-state index >= 15 is 0 Å². The Morgan fingerprint density at radius 3 is 2.62 bits per heavy atom. The van der Waals surface area contributed by atoms with Crippen LogP contribution >= 0.6 is 23.2 Å². The number of hydrogen-bond donors (Lipinski definition) is 3. The number of aliphatic hydroxyl groups is 1. The lowest BCUT2D eigenvalue weighted by Crippen LogP contribution is -2.61. The van der Waals surface area contributed by atoms with Crippen LogP contribution in [-0.4, -0.2) is 65.0 Å². The predicted molar refractivity (Wildman–Crippen MR) is 132 cm³/mol. The second-order valence-corrected chi connectivity index (χ2v) is 10.4. The quantitative estimate of drug-likeness (QED) is 0.584. The van der Waals surface area contributed by atoms with Gasteiger partial charge in [-0.25, -0.2) is 0 Å². The molecule has 0 aromatic heterocycles. The molecule has 0 radical (unpaired) electrons. The third kappa shape index (κ3) is 4.38. The first-order valence-corrected chi connectivity index (χ1v) is 12.4. The molecule has 2 amide bonds. The van der Waals surface area contributed by atoms with E-state index in [1.165, 1.54) is 6.92 Å². The van der Waals surface area contributed by atoms with Gasteiger partial charge in [0.2, 0.25) is 0 Å². The number of carbonyl (C=O) groups excluding carboxylic acids is 2. The van der Waals surface area contributed by atoms with Crippen LogP contribution in [0.3, 0.4) is 0 Å². The Balaban J connectivity index is 1.12. The summed E-state index contributed by atoms with van der Waals surface area (Å²) in [6, 6.07) is 11.4. The molecule has 3 aliphatic heterocycles. The molecule has 2 fully saturated rings. The van der Waals surface area contributed by atoms with Crippen LogP contribution in [0.1, 0.15) is 41.3 Å². The zero-order valence-electron chi connectivity index (χ0n) is 19.0. The van der Waals surface area contributed by atoms with Crippen LogP contribution in [-0.2, 0) is 16.9 Å². The van der Waals surface area contributed by atoms with E-state index in [1.54, 1.807) is 29.2 Å². The Kier molecular flexibility index (Phi) is 6.23. The fourth-order valence-corrected chi connectivity index (χ4v) is 5.71. The molecule has 180 valence electrons. The fraction of sp³-hybridized carbons (Fsp3) is 0.440. The molecule has 9 heteroatoms. The van der Waals surface area contributed by atoms with Crippen LogP contribution in [0.2, 0.25) is 10.0 Å². The molecule has 2 saturated heterocycles. The number of nitrogens with one attached hydrogen (secondary N) is 2. The lowest BCUT2D eigenvalue weighted by Gasteiger charge is -2.48. The van der Waals surface area contributed by atoms with Gasteiger partial charge in [0.1, 0.15) is 0 Å². The average molecular weight is 503 g/mol. The van der Waals surface area contributed by atoms with E-state index in [9.17, 15) is 14.7 Å². The van der Waals surface area contributed by atoms with Gasteiger partial charge in [0, 0.05) is 49.5 Å². The topological polar surface area (TPSA) is 84.9 Å². The third-order valence-corrected chi connectivity index (χ3v) is 7.72. The highest BCUT2D eigenvalue weighted by molar-refractivity contribution is 6.34. The Morgan fingerprint density at radius 1 is 1.18 bits per heavy atom. The minimum Gasteiger partial charge on any atom is -0.380 e. The summed E-state index contributed by atoms with van der Waals surface area (Å²) in [5.74, 6) is -0.391. The van der Waals surface area contributed by atoms with E-state index in [-0.39, 0.29) is 11.8 Å². The number of anilines is 1. The van der Waals surface area contributed by atoms with E-state index in [1.807, 2.05) is 12.1 Å². The zero-order chi connectivity index (χ0) is 24.0. The highest BCUT2D eigenvalue weighted by atomic mass is 35.5. The van der Waals surface area contributed by atoms with Gasteiger partial charge in [-0.05, 0) is 55.2 Å². The van der Waals surface area contributed by atoms with Crippen LogP contribution in [0.15, 0.2) is 36.4 Å². The normalized spacial score (nSPS) is 20.9. The van der Waals surface area contributed by atoms with Crippen molar-refractivity contribution in [3.8, 4) is 0 Å². The van der Waals surface area contributed by atoms with Gasteiger partial charge in [0.15, 0.2) is 5.60 Å². The number of amides is 2. The highest BCUT2D eigenvalue weighted by Gasteiger charge is 2.40. The third-order valence-electron chi connectivity index (χ3n) is 7.19. The average Bonchev–Trinajstić information content (AvgIpc) is 3.16. The number of piperidine rings is 1. The van der Waals surface area contributed by atoms with Crippen LogP contribution in [0, 0.1) is 0 Å². The Bertz CT molecular complexity index is 1130. The molecular formula is C25H28Cl2N4O3. The van der Waals surface area contributed by atoms with Crippen molar-refractivity contribution in [1.82, 2.24) is 15.1 Å². The number of rotatable bonds is 5. The van der Waals surface area contributed by atoms with Crippen molar-refractivity contribution < 1.29 is 14.7 Å². The second kappa shape index (κ2) is 9.04. The minimum atomic E-state index is -1.60. The SMILES string of the molecule is C[C@@](O)(C(=O)N1CCC(N2CC(Nc3cc(Cl)c4c(c3)CNC4=O)C2)CC1)c1cccc(Cl)c1. The first-order chi connectivity index (χ1) is 16.2. The summed E-state index contributed by atoms with van der Waals surface area (Å²) in [4.78, 5) is 29.1. The molecule has 3 heterocycles. The molecule has 0 saturated carbocycles. The molecule has 34 heavy (non-hydrogen) atoms. The summed E-state index contributed by atoms with van der Waals surface area (Å²) in [5, 5.41) is 18.2. The maximum absolute atomic E-state index is 13.0. The fourth-order valence-electron chi connectivity index (χ4n) is 5.20. The molecule has 2 aromatic carbocycles. The van der Waals surface area contributed by atoms with Crippen LogP contribution in [0.25, 0.3) is 0 Å². The van der Waals surface area contributed by atoms with Crippen molar-refractivity contribution >= 4 is 40.7 Å². The Morgan fingerprint density at radius 2 is 1.91 bits per heavy atom. The van der Waals surface area contributed by atoms with Gasteiger partial charge in [-0.15, -0.1) is 0 Å². The number of fused-ring (bicyclic) bond motifs is 1. The monoisotopic (exact) mass is 502 g/mol. The van der Waals surface area contributed by atoms with Gasteiger partial charge >= 0.3 is 0 Å². The smallest absolute Gasteiger partial charge is 0.258 e. The first-order valence-electron chi connectivity index (χ1n) is 11.6. The van der Waals surface area contributed by atoms with Crippen molar-refractivity contribution in [2.45, 2.75) is 44.0 Å². The van der Waals surface area contributed by atoms with Crippen molar-refractivity contribution in [3.05, 3.63) is 63.1 Å². The Hall–Kier alpha value is -2.32. The summed E-state index contributed by atoms with van der Waals surface area (Å²) >= 11 is 12.4. The summed E-state index contributed by atoms with van der Waals surface area (Å²) < 4.78 is 0. The van der Waals surface area contributed by atoms with Gasteiger partial charge in [-0.1, -0.05) is 35.3 Å². The molecule has 0 bridgehead atoms. The van der Waals surface area contributed by atoms with E-state index in [2.05, 4.69) is 15.5 Å². The summed E-state index contributed by atoms with van der Waals surface area (Å²) in [7, 11) is 0. The maximum Gasteiger partial charge on any atom is 0.258 e. The van der Waals surface area contributed by atoms with Crippen LogP contribution in [0.5, 0.6) is 0 Å². The van der Waals surface area contributed by atoms with E-state index in [4.69, 9.17) is 23.2 Å². The van der Waals surface area contributed by atoms with Gasteiger partial charge in [0.05, 0.1) is 16.6 Å². The summed E-state index contributed by atoms with van der Waals surface area (Å²) in [6.45, 7) is 5.14. The summed E-state index contributed by atoms with van der Waals surface area (Å²) in [5.41, 5.74) is 1.37. The number of likely N-dealkylation sites (tertiary alicyclic amines) is 2. The highest BCUT2D eigenvalue weighted by Crippen LogP contribution is 2.32. The van der Waals surface area contributed by atoms with Crippen LogP contribution in [0.4, 0.5) is 5.69 Å². The lowest BCUT2D eigenvalue weighted by atomic mass is 9.92. The van der Waals surface area contributed by atoms with Crippen LogP contribution < -0.4 is 10.6 Å². The van der Waals surface area contributed by atoms with Gasteiger partial charge in [-0.2, -0.15) is 0 Å². The van der Waals surface area contributed by atoms with Gasteiger partial charge in [-0.3, -0.25) is 14.5 Å². The number of nitrogens with zero attached hydrogens (tertiary/aromatic N) is 2. The molecule has 3 N–H and O–H groups in total. The number of benzene rings is 2. The standard InChI is InChI=1S/C25H28Cl2N4O3/c1-25(34,16-3-2-4-17(26)10-16)24(33)30-7-5-20(6-8-30)31-13-19(14-31)29-18-9-15-12-28-23(32)22(15)21(27)11-18/h2-4,9-11,19-20,29,34H,5-8,12-14H2,1H3,(H,28,32)/t25-/m0/s1. The summed E-state index contributed by atoms with van der Waals surface area (Å²) in [6.07, 6.45) is 1.76. The molecule has 1 atom stereocenters. The molecule has 7 nitrogen and oxygen atoms in total. The molecule has 0 unspecified atom stereocenters. The van der Waals surface area contributed by atoms with Crippen molar-refractivity contribution in [3.63, 3.8) is 0 Å². The maximum atomic E-state index is 13.0. The second-order valence-electron chi connectivity index (χ2n) is 9.58. The largest absolute Gasteiger partial charge is 0.380 e. The van der Waals surface area contributed by atoms with E-state index in [0.717, 1.165) is 37.2 Å². The van der Waals surface area contributed by atoms with Gasteiger partial charge < -0.3 is 20.6 Å². The molecule has 3 aliphatic rings. The van der Waals surface area contributed by atoms with E-state index < -0.39 is 5.60 Å². The number of hydrogen-bond acceptors (Lipinski definition) is 5. The molecule has 0 aliphatic carbocycles. The van der Waals surface area contributed by atoms with Crippen molar-refractivity contribution in [2.24, 2.45) is 0 Å². The van der Waals surface area contributed by atoms with Crippen molar-refractivity contribution in [1.29, 1.82) is 0 Å². The lowest BCUT2D eigenvalue weighted by molar-refractivity contribution is -0.152. The number of halogens is 2. The molecular weight excluding hydrogens is 475 g/mol. The zero-order valence-corrected chi connectivity index (χ0v) is 20.5. The minimum absolute atomic E-state index is 0.111. The molecule has 2 aromatic rings.